The third-order valence-corrected chi connectivity index (χ3v) is 3.53. The van der Waals surface area contributed by atoms with Crippen LogP contribution in [-0.2, 0) is 0 Å². The van der Waals surface area contributed by atoms with E-state index in [1.807, 2.05) is 0 Å². The van der Waals surface area contributed by atoms with Gasteiger partial charge in [0.1, 0.15) is 15.6 Å². The summed E-state index contributed by atoms with van der Waals surface area (Å²) in [7, 11) is 0. The number of aromatic amines is 1. The van der Waals surface area contributed by atoms with Gasteiger partial charge in [-0.25, -0.2) is 4.98 Å². The lowest BCUT2D eigenvalue weighted by atomic mass is 10.7. The van der Waals surface area contributed by atoms with E-state index < -0.39 is 0 Å². The standard InChI is InChI=1S/C6H3ClN4OS2/c7-3-4(12)8-1-9-5(3)14-6-11-10-2-13-6/h1-2H,(H,8,9,12). The SMILES string of the molecule is O=c1[nH]cnc(Sc2nncs2)c1Cl. The molecular weight excluding hydrogens is 244 g/mol. The average molecular weight is 247 g/mol. The third-order valence-electron chi connectivity index (χ3n) is 1.29. The molecule has 0 aliphatic heterocycles. The minimum atomic E-state index is -0.353. The topological polar surface area (TPSA) is 71.5 Å². The molecule has 0 amide bonds. The summed E-state index contributed by atoms with van der Waals surface area (Å²) in [5.74, 6) is 0. The van der Waals surface area contributed by atoms with Crippen LogP contribution in [-0.4, -0.2) is 20.2 Å². The second-order valence-electron chi connectivity index (χ2n) is 2.16. The van der Waals surface area contributed by atoms with Crippen molar-refractivity contribution in [3.8, 4) is 0 Å². The zero-order chi connectivity index (χ0) is 9.97. The van der Waals surface area contributed by atoms with Gasteiger partial charge in [-0.1, -0.05) is 22.9 Å². The van der Waals surface area contributed by atoms with Gasteiger partial charge in [0.25, 0.3) is 5.56 Å². The van der Waals surface area contributed by atoms with E-state index in [1.165, 1.54) is 29.4 Å². The van der Waals surface area contributed by atoms with E-state index in [9.17, 15) is 4.79 Å². The molecule has 8 heteroatoms. The third kappa shape index (κ3) is 1.94. The Morgan fingerprint density at radius 1 is 1.57 bits per heavy atom. The highest BCUT2D eigenvalue weighted by Crippen LogP contribution is 2.29. The summed E-state index contributed by atoms with van der Waals surface area (Å²) in [5.41, 5.74) is 1.25. The van der Waals surface area contributed by atoms with Crippen molar-refractivity contribution in [2.75, 3.05) is 0 Å². The molecule has 72 valence electrons. The maximum atomic E-state index is 11.1. The summed E-state index contributed by atoms with van der Waals surface area (Å²) in [6.07, 6.45) is 1.30. The van der Waals surface area contributed by atoms with Crippen LogP contribution < -0.4 is 5.56 Å². The van der Waals surface area contributed by atoms with E-state index in [1.54, 1.807) is 5.51 Å². The van der Waals surface area contributed by atoms with Crippen molar-refractivity contribution in [3.63, 3.8) is 0 Å². The van der Waals surface area contributed by atoms with Gasteiger partial charge < -0.3 is 4.98 Å². The lowest BCUT2D eigenvalue weighted by Gasteiger charge is -1.96. The minimum Gasteiger partial charge on any atom is -0.312 e. The van der Waals surface area contributed by atoms with Crippen molar-refractivity contribution in [1.82, 2.24) is 20.2 Å². The molecule has 2 aromatic heterocycles. The van der Waals surface area contributed by atoms with Gasteiger partial charge in [0.15, 0.2) is 4.34 Å². The zero-order valence-electron chi connectivity index (χ0n) is 6.60. The predicted molar refractivity (Wildman–Crippen MR) is 53.9 cm³/mol. The predicted octanol–water partition coefficient (Wildman–Crippen LogP) is 1.43. The number of H-pyrrole nitrogens is 1. The Morgan fingerprint density at radius 3 is 3.14 bits per heavy atom. The van der Waals surface area contributed by atoms with Gasteiger partial charge in [0.05, 0.1) is 6.33 Å². The highest BCUT2D eigenvalue weighted by Gasteiger charge is 2.09. The first-order valence-electron chi connectivity index (χ1n) is 3.44. The van der Waals surface area contributed by atoms with Crippen LogP contribution in [0.4, 0.5) is 0 Å². The van der Waals surface area contributed by atoms with Crippen LogP contribution in [0.15, 0.2) is 26.0 Å². The van der Waals surface area contributed by atoms with Crippen molar-refractivity contribution in [1.29, 1.82) is 0 Å². The van der Waals surface area contributed by atoms with E-state index >= 15 is 0 Å². The number of hydrogen-bond donors (Lipinski definition) is 1. The highest BCUT2D eigenvalue weighted by molar-refractivity contribution is 8.01. The van der Waals surface area contributed by atoms with Crippen molar-refractivity contribution in [2.24, 2.45) is 0 Å². The summed E-state index contributed by atoms with van der Waals surface area (Å²) in [5, 5.41) is 7.98. The largest absolute Gasteiger partial charge is 0.312 e. The minimum absolute atomic E-state index is 0.0766. The molecule has 1 N–H and O–H groups in total. The summed E-state index contributed by atoms with van der Waals surface area (Å²) >= 11 is 8.32. The van der Waals surface area contributed by atoms with E-state index in [0.717, 1.165) is 0 Å². The fourth-order valence-corrected chi connectivity index (χ4v) is 2.33. The first-order chi connectivity index (χ1) is 6.77. The maximum Gasteiger partial charge on any atom is 0.270 e. The zero-order valence-corrected chi connectivity index (χ0v) is 8.99. The Hall–Kier alpha value is -0.920. The molecule has 2 heterocycles. The van der Waals surface area contributed by atoms with Crippen molar-refractivity contribution in [2.45, 2.75) is 9.37 Å². The molecule has 0 atom stereocenters. The van der Waals surface area contributed by atoms with Crippen LogP contribution in [0, 0.1) is 0 Å². The summed E-state index contributed by atoms with van der Waals surface area (Å²) in [6, 6.07) is 0. The van der Waals surface area contributed by atoms with Gasteiger partial charge in [0.2, 0.25) is 0 Å². The van der Waals surface area contributed by atoms with E-state index in [4.69, 9.17) is 11.6 Å². The Kier molecular flexibility index (Phi) is 2.80. The molecule has 14 heavy (non-hydrogen) atoms. The number of nitrogens with zero attached hydrogens (tertiary/aromatic N) is 3. The quantitative estimate of drug-likeness (QED) is 0.812. The lowest BCUT2D eigenvalue weighted by Crippen LogP contribution is -2.07. The van der Waals surface area contributed by atoms with E-state index in [2.05, 4.69) is 20.2 Å². The smallest absolute Gasteiger partial charge is 0.270 e. The number of hydrogen-bond acceptors (Lipinski definition) is 6. The molecule has 0 spiro atoms. The number of aromatic nitrogens is 4. The summed E-state index contributed by atoms with van der Waals surface area (Å²) < 4.78 is 0.699. The molecule has 0 saturated carbocycles. The fourth-order valence-electron chi connectivity index (χ4n) is 0.728. The molecular formula is C6H3ClN4OS2. The Morgan fingerprint density at radius 2 is 2.43 bits per heavy atom. The number of halogens is 1. The molecule has 5 nitrogen and oxygen atoms in total. The second-order valence-corrected chi connectivity index (χ2v) is 4.60. The van der Waals surface area contributed by atoms with Crippen LogP contribution in [0.3, 0.4) is 0 Å². The molecule has 0 aliphatic carbocycles. The normalized spacial score (nSPS) is 10.4. The van der Waals surface area contributed by atoms with Crippen LogP contribution in [0.25, 0.3) is 0 Å². The van der Waals surface area contributed by atoms with E-state index in [0.29, 0.717) is 9.37 Å². The lowest BCUT2D eigenvalue weighted by molar-refractivity contribution is 0.989. The molecule has 0 aliphatic rings. The molecule has 0 radical (unpaired) electrons. The maximum absolute atomic E-state index is 11.1. The van der Waals surface area contributed by atoms with E-state index in [-0.39, 0.29) is 10.6 Å². The molecule has 2 aromatic rings. The number of rotatable bonds is 2. The van der Waals surface area contributed by atoms with Gasteiger partial charge in [-0.3, -0.25) is 4.79 Å². The van der Waals surface area contributed by atoms with Gasteiger partial charge in [-0.05, 0) is 11.8 Å². The second kappa shape index (κ2) is 4.07. The summed E-state index contributed by atoms with van der Waals surface area (Å²) in [6.45, 7) is 0. The van der Waals surface area contributed by atoms with Gasteiger partial charge >= 0.3 is 0 Å². The van der Waals surface area contributed by atoms with Crippen LogP contribution in [0.1, 0.15) is 0 Å². The van der Waals surface area contributed by atoms with Crippen LogP contribution in [0.2, 0.25) is 5.02 Å². The highest BCUT2D eigenvalue weighted by atomic mass is 35.5. The first-order valence-corrected chi connectivity index (χ1v) is 5.52. The monoisotopic (exact) mass is 246 g/mol. The molecule has 0 fully saturated rings. The molecule has 0 unspecified atom stereocenters. The average Bonchev–Trinajstić information content (AvgIpc) is 2.66. The van der Waals surface area contributed by atoms with Crippen molar-refractivity contribution < 1.29 is 0 Å². The fraction of sp³-hybridized carbons (Fsp3) is 0. The number of nitrogens with one attached hydrogen (secondary N) is 1. The molecule has 2 rings (SSSR count). The van der Waals surface area contributed by atoms with Gasteiger partial charge in [-0.2, -0.15) is 0 Å². The molecule has 0 aromatic carbocycles. The Bertz CT molecular complexity index is 483. The van der Waals surface area contributed by atoms with Crippen LogP contribution >= 0.6 is 34.7 Å². The van der Waals surface area contributed by atoms with Gasteiger partial charge in [0, 0.05) is 0 Å². The van der Waals surface area contributed by atoms with Crippen molar-refractivity contribution in [3.05, 3.63) is 27.2 Å². The van der Waals surface area contributed by atoms with Crippen molar-refractivity contribution >= 4 is 34.7 Å². The first kappa shape index (κ1) is 9.63. The Balaban J connectivity index is 2.34. The van der Waals surface area contributed by atoms with Crippen LogP contribution in [0.5, 0.6) is 0 Å². The molecule has 0 bridgehead atoms. The van der Waals surface area contributed by atoms with Gasteiger partial charge in [-0.15, -0.1) is 10.2 Å². The Labute approximate surface area is 91.6 Å². The molecule has 0 saturated heterocycles. The summed E-state index contributed by atoms with van der Waals surface area (Å²) in [4.78, 5) is 17.4.